The normalized spacial score (nSPS) is 12.4. The number of benzene rings is 1. The van der Waals surface area contributed by atoms with Gasteiger partial charge in [0.2, 0.25) is 0 Å². The first-order chi connectivity index (χ1) is 10.1. The Morgan fingerprint density at radius 1 is 1.43 bits per heavy atom. The number of hydrazine groups is 1. The highest BCUT2D eigenvalue weighted by atomic mass is 79.9. The van der Waals surface area contributed by atoms with E-state index >= 15 is 0 Å². The van der Waals surface area contributed by atoms with Crippen LogP contribution in [-0.2, 0) is 19.9 Å². The van der Waals surface area contributed by atoms with Crippen molar-refractivity contribution in [3.63, 3.8) is 0 Å². The average Bonchev–Trinajstić information content (AvgIpc) is 2.79. The number of nitrogens with two attached hydrogens (primary N) is 1. The molecule has 0 aliphatic carbocycles. The molecule has 1 aromatic heterocycles. The van der Waals surface area contributed by atoms with Crippen molar-refractivity contribution in [1.82, 2.24) is 15.2 Å². The van der Waals surface area contributed by atoms with Crippen molar-refractivity contribution in [2.45, 2.75) is 25.8 Å². The summed E-state index contributed by atoms with van der Waals surface area (Å²) in [5, 5.41) is 4.52. The molecule has 2 rings (SSSR count). The van der Waals surface area contributed by atoms with Gasteiger partial charge in [0, 0.05) is 19.0 Å². The van der Waals surface area contributed by atoms with Crippen molar-refractivity contribution in [2.24, 2.45) is 12.9 Å². The number of halogens is 1. The van der Waals surface area contributed by atoms with Crippen LogP contribution in [-0.4, -0.2) is 16.9 Å². The van der Waals surface area contributed by atoms with Crippen LogP contribution in [0.1, 0.15) is 29.9 Å². The number of aryl methyl sites for hydroxylation is 2. The molecule has 5 nitrogen and oxygen atoms in total. The highest BCUT2D eigenvalue weighted by Gasteiger charge is 2.20. The quantitative estimate of drug-likeness (QED) is 0.619. The zero-order valence-electron chi connectivity index (χ0n) is 12.6. The summed E-state index contributed by atoms with van der Waals surface area (Å²) in [7, 11) is 3.62. The molecule has 1 aromatic carbocycles. The van der Waals surface area contributed by atoms with E-state index in [-0.39, 0.29) is 6.04 Å². The third-order valence-electron chi connectivity index (χ3n) is 3.62. The molecule has 0 saturated heterocycles. The molecular weight excluding hydrogens is 332 g/mol. The predicted molar refractivity (Wildman–Crippen MR) is 87.0 cm³/mol. The third kappa shape index (κ3) is 3.28. The molecule has 2 aromatic rings. The Bertz CT molecular complexity index is 612. The van der Waals surface area contributed by atoms with E-state index in [0.29, 0.717) is 0 Å². The number of para-hydroxylation sites is 1. The maximum atomic E-state index is 5.77. The molecular formula is C15H21BrN4O. The molecule has 0 fully saturated rings. The molecule has 0 aliphatic rings. The summed E-state index contributed by atoms with van der Waals surface area (Å²) in [6.07, 6.45) is 1.62. The lowest BCUT2D eigenvalue weighted by Gasteiger charge is -2.19. The maximum absolute atomic E-state index is 5.77. The van der Waals surface area contributed by atoms with Crippen LogP contribution in [0.15, 0.2) is 28.7 Å². The first-order valence-electron chi connectivity index (χ1n) is 6.91. The Hall–Kier alpha value is -1.37. The van der Waals surface area contributed by atoms with Gasteiger partial charge in [-0.15, -0.1) is 0 Å². The Labute approximate surface area is 133 Å². The fraction of sp³-hybridized carbons (Fsp3) is 0.400. The highest BCUT2D eigenvalue weighted by Crippen LogP contribution is 2.30. The van der Waals surface area contributed by atoms with Gasteiger partial charge in [0.15, 0.2) is 0 Å². The van der Waals surface area contributed by atoms with Crippen molar-refractivity contribution in [2.75, 3.05) is 7.11 Å². The molecule has 114 valence electrons. The molecule has 0 aliphatic heterocycles. The second-order valence-corrected chi connectivity index (χ2v) is 5.64. The van der Waals surface area contributed by atoms with Gasteiger partial charge in [-0.3, -0.25) is 16.0 Å². The van der Waals surface area contributed by atoms with E-state index in [2.05, 4.69) is 33.4 Å². The molecule has 0 saturated carbocycles. The first kappa shape index (κ1) is 16.0. The van der Waals surface area contributed by atoms with Gasteiger partial charge in [0.05, 0.1) is 29.0 Å². The summed E-state index contributed by atoms with van der Waals surface area (Å²) in [6.45, 7) is 2.09. The van der Waals surface area contributed by atoms with E-state index in [9.17, 15) is 0 Å². The molecule has 3 N–H and O–H groups in total. The SMILES string of the molecule is CCc1nn(C)c(CC(NN)c2ccccc2OC)c1Br. The van der Waals surface area contributed by atoms with Gasteiger partial charge in [-0.1, -0.05) is 25.1 Å². The minimum absolute atomic E-state index is 0.0439. The Kier molecular flexibility index (Phi) is 5.39. The summed E-state index contributed by atoms with van der Waals surface area (Å²) in [5.41, 5.74) is 6.09. The van der Waals surface area contributed by atoms with Crippen LogP contribution in [0.4, 0.5) is 0 Å². The van der Waals surface area contributed by atoms with Gasteiger partial charge >= 0.3 is 0 Å². The molecule has 6 heteroatoms. The van der Waals surface area contributed by atoms with E-state index in [4.69, 9.17) is 10.6 Å². The number of aromatic nitrogens is 2. The fourth-order valence-corrected chi connectivity index (χ4v) is 3.23. The summed E-state index contributed by atoms with van der Waals surface area (Å²) in [5.74, 6) is 6.59. The first-order valence-corrected chi connectivity index (χ1v) is 7.70. The lowest BCUT2D eigenvalue weighted by Crippen LogP contribution is -2.30. The van der Waals surface area contributed by atoms with Crippen LogP contribution in [0.25, 0.3) is 0 Å². The Morgan fingerprint density at radius 3 is 2.71 bits per heavy atom. The minimum Gasteiger partial charge on any atom is -0.496 e. The molecule has 0 amide bonds. The van der Waals surface area contributed by atoms with Crippen molar-refractivity contribution in [3.8, 4) is 5.75 Å². The third-order valence-corrected chi connectivity index (χ3v) is 4.53. The Balaban J connectivity index is 2.34. The van der Waals surface area contributed by atoms with Crippen molar-refractivity contribution in [3.05, 3.63) is 45.7 Å². The van der Waals surface area contributed by atoms with Crippen molar-refractivity contribution >= 4 is 15.9 Å². The molecule has 0 radical (unpaired) electrons. The lowest BCUT2D eigenvalue weighted by molar-refractivity contribution is 0.398. The monoisotopic (exact) mass is 352 g/mol. The zero-order valence-corrected chi connectivity index (χ0v) is 14.1. The smallest absolute Gasteiger partial charge is 0.123 e. The van der Waals surface area contributed by atoms with E-state index < -0.39 is 0 Å². The van der Waals surface area contributed by atoms with Crippen LogP contribution in [0.5, 0.6) is 5.75 Å². The van der Waals surface area contributed by atoms with Crippen LogP contribution >= 0.6 is 15.9 Å². The number of methoxy groups -OCH3 is 1. The topological polar surface area (TPSA) is 65.1 Å². The number of hydrogen-bond acceptors (Lipinski definition) is 4. The van der Waals surface area contributed by atoms with Gasteiger partial charge < -0.3 is 4.74 Å². The van der Waals surface area contributed by atoms with Gasteiger partial charge in [-0.05, 0) is 28.4 Å². The highest BCUT2D eigenvalue weighted by molar-refractivity contribution is 9.10. The standard InChI is InChI=1S/C15H21BrN4O/c1-4-11-15(16)13(20(2)19-11)9-12(18-17)10-7-5-6-8-14(10)21-3/h5-8,12,18H,4,9,17H2,1-3H3. The lowest BCUT2D eigenvalue weighted by atomic mass is 10.0. The molecule has 1 heterocycles. The van der Waals surface area contributed by atoms with E-state index in [1.807, 2.05) is 36.0 Å². The molecule has 1 unspecified atom stereocenters. The summed E-state index contributed by atoms with van der Waals surface area (Å²) < 4.78 is 8.39. The van der Waals surface area contributed by atoms with E-state index in [0.717, 1.165) is 40.0 Å². The van der Waals surface area contributed by atoms with Crippen LogP contribution in [0, 0.1) is 0 Å². The van der Waals surface area contributed by atoms with Crippen molar-refractivity contribution < 1.29 is 4.74 Å². The molecule has 0 bridgehead atoms. The maximum Gasteiger partial charge on any atom is 0.123 e. The second-order valence-electron chi connectivity index (χ2n) is 4.85. The van der Waals surface area contributed by atoms with E-state index in [1.165, 1.54) is 0 Å². The number of nitrogens with zero attached hydrogens (tertiary/aromatic N) is 2. The van der Waals surface area contributed by atoms with Gasteiger partial charge in [0.1, 0.15) is 5.75 Å². The number of nitrogens with one attached hydrogen (secondary N) is 1. The second kappa shape index (κ2) is 7.06. The summed E-state index contributed by atoms with van der Waals surface area (Å²) in [6, 6.07) is 7.85. The van der Waals surface area contributed by atoms with Gasteiger partial charge in [0.25, 0.3) is 0 Å². The van der Waals surface area contributed by atoms with Crippen LogP contribution < -0.4 is 16.0 Å². The minimum atomic E-state index is -0.0439. The fourth-order valence-electron chi connectivity index (χ4n) is 2.45. The van der Waals surface area contributed by atoms with Gasteiger partial charge in [-0.25, -0.2) is 0 Å². The average molecular weight is 353 g/mol. The summed E-state index contributed by atoms with van der Waals surface area (Å²) in [4.78, 5) is 0. The van der Waals surface area contributed by atoms with Crippen LogP contribution in [0.2, 0.25) is 0 Å². The molecule has 1 atom stereocenters. The largest absolute Gasteiger partial charge is 0.496 e. The number of ether oxygens (including phenoxy) is 1. The Morgan fingerprint density at radius 2 is 2.14 bits per heavy atom. The number of hydrogen-bond donors (Lipinski definition) is 2. The number of rotatable bonds is 6. The molecule has 21 heavy (non-hydrogen) atoms. The van der Waals surface area contributed by atoms with E-state index in [1.54, 1.807) is 7.11 Å². The summed E-state index contributed by atoms with van der Waals surface area (Å²) >= 11 is 3.64. The van der Waals surface area contributed by atoms with Gasteiger partial charge in [-0.2, -0.15) is 5.10 Å². The van der Waals surface area contributed by atoms with Crippen LogP contribution in [0.3, 0.4) is 0 Å². The molecule has 0 spiro atoms. The predicted octanol–water partition coefficient (Wildman–Crippen LogP) is 2.50. The zero-order chi connectivity index (χ0) is 15.4. The van der Waals surface area contributed by atoms with Crippen molar-refractivity contribution in [1.29, 1.82) is 0 Å².